The number of hydrogen-bond acceptors (Lipinski definition) is 5. The van der Waals surface area contributed by atoms with Crippen molar-refractivity contribution in [3.05, 3.63) is 59.2 Å². The number of carboxylic acid groups (broad SMARTS) is 1. The summed E-state index contributed by atoms with van der Waals surface area (Å²) in [5, 5.41) is 19.7. The minimum Gasteiger partial charge on any atom is -0.478 e. The number of aryl methyl sites for hydroxylation is 3. The van der Waals surface area contributed by atoms with E-state index in [1.165, 1.54) is 22.6 Å². The predicted molar refractivity (Wildman–Crippen MR) is 96.9 cm³/mol. The van der Waals surface area contributed by atoms with Crippen molar-refractivity contribution in [2.45, 2.75) is 20.6 Å². The lowest BCUT2D eigenvalue weighted by atomic mass is 10.1. The number of aromatic nitrogens is 4. The Morgan fingerprint density at radius 1 is 1.22 bits per heavy atom. The van der Waals surface area contributed by atoms with Gasteiger partial charge in [0.05, 0.1) is 24.3 Å². The molecule has 0 bridgehead atoms. The summed E-state index contributed by atoms with van der Waals surface area (Å²) in [6.07, 6.45) is 4.19. The first-order valence-corrected chi connectivity index (χ1v) is 8.14. The molecule has 0 aliphatic rings. The molecular formula is C18H19N5O4. The molecule has 0 aliphatic carbocycles. The largest absolute Gasteiger partial charge is 0.478 e. The van der Waals surface area contributed by atoms with Crippen LogP contribution < -0.4 is 10.1 Å². The van der Waals surface area contributed by atoms with Crippen molar-refractivity contribution in [1.29, 1.82) is 0 Å². The van der Waals surface area contributed by atoms with Crippen LogP contribution in [0.2, 0.25) is 0 Å². The summed E-state index contributed by atoms with van der Waals surface area (Å²) in [7, 11) is 1.50. The number of benzene rings is 1. The zero-order valence-corrected chi connectivity index (χ0v) is 15.1. The smallest absolute Gasteiger partial charge is 0.339 e. The molecule has 0 unspecified atom stereocenters. The lowest BCUT2D eigenvalue weighted by Gasteiger charge is -2.09. The summed E-state index contributed by atoms with van der Waals surface area (Å²) >= 11 is 0. The van der Waals surface area contributed by atoms with E-state index in [1.54, 1.807) is 6.20 Å². The number of nitrogens with one attached hydrogen (secondary N) is 1. The van der Waals surface area contributed by atoms with Crippen LogP contribution in [0.4, 0.5) is 5.69 Å². The molecule has 9 nitrogen and oxygen atoms in total. The second-order valence-electron chi connectivity index (χ2n) is 6.10. The number of carboxylic acids is 1. The fraction of sp³-hybridized carbons (Fsp3) is 0.222. The molecule has 140 valence electrons. The summed E-state index contributed by atoms with van der Waals surface area (Å²) in [6.45, 7) is 4.15. The van der Waals surface area contributed by atoms with Crippen LogP contribution in [0.3, 0.4) is 0 Å². The lowest BCUT2D eigenvalue weighted by Crippen LogP contribution is -2.19. The van der Waals surface area contributed by atoms with Gasteiger partial charge in [-0.1, -0.05) is 17.7 Å². The summed E-state index contributed by atoms with van der Waals surface area (Å²) in [5.41, 5.74) is 2.39. The minimum atomic E-state index is -1.22. The Kier molecular flexibility index (Phi) is 4.93. The monoisotopic (exact) mass is 369 g/mol. The lowest BCUT2D eigenvalue weighted by molar-refractivity contribution is 0.0692. The van der Waals surface area contributed by atoms with E-state index in [9.17, 15) is 9.59 Å². The van der Waals surface area contributed by atoms with Crippen LogP contribution >= 0.6 is 0 Å². The van der Waals surface area contributed by atoms with Crippen molar-refractivity contribution in [3.8, 4) is 5.75 Å². The Morgan fingerprint density at radius 2 is 2.00 bits per heavy atom. The van der Waals surface area contributed by atoms with Gasteiger partial charge in [0.1, 0.15) is 17.0 Å². The van der Waals surface area contributed by atoms with Gasteiger partial charge in [-0.15, -0.1) is 0 Å². The summed E-state index contributed by atoms with van der Waals surface area (Å²) in [4.78, 5) is 23.6. The number of ether oxygens (including phenoxy) is 1. The predicted octanol–water partition coefficient (Wildman–Crippen LogP) is 2.22. The molecule has 0 fully saturated rings. The van der Waals surface area contributed by atoms with E-state index in [1.807, 2.05) is 32.0 Å². The van der Waals surface area contributed by atoms with E-state index in [4.69, 9.17) is 9.84 Å². The van der Waals surface area contributed by atoms with Gasteiger partial charge in [0.15, 0.2) is 6.73 Å². The Labute approximate surface area is 155 Å². The molecule has 0 saturated carbocycles. The van der Waals surface area contributed by atoms with E-state index in [2.05, 4.69) is 15.5 Å². The van der Waals surface area contributed by atoms with Gasteiger partial charge in [-0.2, -0.15) is 10.2 Å². The Hall–Kier alpha value is -3.62. The second kappa shape index (κ2) is 7.32. The Balaban J connectivity index is 1.67. The van der Waals surface area contributed by atoms with Crippen LogP contribution in [0.15, 0.2) is 36.8 Å². The molecule has 1 amide bonds. The van der Waals surface area contributed by atoms with E-state index >= 15 is 0 Å². The van der Waals surface area contributed by atoms with Gasteiger partial charge in [0.25, 0.3) is 5.91 Å². The van der Waals surface area contributed by atoms with Crippen molar-refractivity contribution in [2.75, 3.05) is 5.32 Å². The molecule has 0 aliphatic heterocycles. The first kappa shape index (κ1) is 18.2. The highest BCUT2D eigenvalue weighted by Gasteiger charge is 2.22. The van der Waals surface area contributed by atoms with E-state index < -0.39 is 11.9 Å². The molecule has 2 aromatic heterocycles. The van der Waals surface area contributed by atoms with E-state index in [-0.39, 0.29) is 18.0 Å². The highest BCUT2D eigenvalue weighted by atomic mass is 16.5. The number of amides is 1. The van der Waals surface area contributed by atoms with Crippen molar-refractivity contribution in [1.82, 2.24) is 19.6 Å². The van der Waals surface area contributed by atoms with E-state index in [0.29, 0.717) is 5.69 Å². The highest BCUT2D eigenvalue weighted by Crippen LogP contribution is 2.19. The molecule has 0 radical (unpaired) electrons. The molecule has 9 heteroatoms. The third kappa shape index (κ3) is 3.97. The van der Waals surface area contributed by atoms with Crippen molar-refractivity contribution < 1.29 is 19.4 Å². The van der Waals surface area contributed by atoms with Gasteiger partial charge in [-0.3, -0.25) is 9.48 Å². The van der Waals surface area contributed by atoms with Crippen LogP contribution in [0.25, 0.3) is 0 Å². The van der Waals surface area contributed by atoms with Gasteiger partial charge in [0, 0.05) is 7.05 Å². The van der Waals surface area contributed by atoms with Crippen LogP contribution in [0, 0.1) is 13.8 Å². The second-order valence-corrected chi connectivity index (χ2v) is 6.10. The molecule has 2 N–H and O–H groups in total. The number of hydrogen-bond donors (Lipinski definition) is 2. The fourth-order valence-electron chi connectivity index (χ4n) is 2.65. The topological polar surface area (TPSA) is 111 Å². The highest BCUT2D eigenvalue weighted by molar-refractivity contribution is 6.09. The number of rotatable bonds is 6. The maximum Gasteiger partial charge on any atom is 0.339 e. The molecule has 3 aromatic rings. The molecule has 1 aromatic carbocycles. The van der Waals surface area contributed by atoms with Gasteiger partial charge in [0.2, 0.25) is 0 Å². The van der Waals surface area contributed by atoms with Crippen LogP contribution in [0.5, 0.6) is 5.75 Å². The van der Waals surface area contributed by atoms with Crippen molar-refractivity contribution in [3.63, 3.8) is 0 Å². The quantitative estimate of drug-likeness (QED) is 0.689. The molecule has 0 atom stereocenters. The molecular weight excluding hydrogens is 350 g/mol. The van der Waals surface area contributed by atoms with Crippen molar-refractivity contribution >= 4 is 17.6 Å². The Morgan fingerprint density at radius 3 is 2.70 bits per heavy atom. The standard InChI is InChI=1S/C18H19N5O4/c1-11-4-5-15(12(2)6-11)27-10-23-9-13(7-20-23)21-17(24)16-14(18(25)26)8-19-22(16)3/h4-9H,10H2,1-3H3,(H,21,24)(H,25,26). The normalized spacial score (nSPS) is 10.6. The zero-order valence-electron chi connectivity index (χ0n) is 15.1. The number of carbonyl (C=O) groups excluding carboxylic acids is 1. The molecule has 27 heavy (non-hydrogen) atoms. The average Bonchev–Trinajstić information content (AvgIpc) is 3.20. The molecule has 2 heterocycles. The van der Waals surface area contributed by atoms with Gasteiger partial charge in [-0.05, 0) is 25.5 Å². The summed E-state index contributed by atoms with van der Waals surface area (Å²) in [5.74, 6) is -1.05. The van der Waals surface area contributed by atoms with Gasteiger partial charge < -0.3 is 15.2 Å². The fourth-order valence-corrected chi connectivity index (χ4v) is 2.65. The van der Waals surface area contributed by atoms with Crippen LogP contribution in [-0.2, 0) is 13.8 Å². The third-order valence-corrected chi connectivity index (χ3v) is 3.96. The minimum absolute atomic E-state index is 0.0400. The third-order valence-electron chi connectivity index (χ3n) is 3.96. The molecule has 0 spiro atoms. The number of carbonyl (C=O) groups is 2. The first-order valence-electron chi connectivity index (χ1n) is 8.14. The zero-order chi connectivity index (χ0) is 19.6. The van der Waals surface area contributed by atoms with Gasteiger partial charge in [-0.25, -0.2) is 9.48 Å². The Bertz CT molecular complexity index is 1010. The molecule has 0 saturated heterocycles. The van der Waals surface area contributed by atoms with Crippen LogP contribution in [0.1, 0.15) is 32.0 Å². The molecule has 3 rings (SSSR count). The number of aromatic carboxylic acids is 1. The average molecular weight is 369 g/mol. The number of nitrogens with zero attached hydrogens (tertiary/aromatic N) is 4. The maximum absolute atomic E-state index is 12.4. The van der Waals surface area contributed by atoms with E-state index in [0.717, 1.165) is 23.1 Å². The van der Waals surface area contributed by atoms with Crippen LogP contribution in [-0.4, -0.2) is 36.5 Å². The van der Waals surface area contributed by atoms with Gasteiger partial charge >= 0.3 is 5.97 Å². The van der Waals surface area contributed by atoms with Crippen molar-refractivity contribution in [2.24, 2.45) is 7.05 Å². The summed E-state index contributed by atoms with van der Waals surface area (Å²) < 4.78 is 8.47. The SMILES string of the molecule is Cc1ccc(OCn2cc(NC(=O)c3c(C(=O)O)cnn3C)cn2)c(C)c1. The summed E-state index contributed by atoms with van der Waals surface area (Å²) in [6, 6.07) is 5.88. The number of anilines is 1. The first-order chi connectivity index (χ1) is 12.8. The maximum atomic E-state index is 12.4.